The van der Waals surface area contributed by atoms with E-state index >= 15 is 0 Å². The molecule has 28 heavy (non-hydrogen) atoms. The molecular formula is C19H17N3O3S3. The molecule has 0 fully saturated rings. The Labute approximate surface area is 172 Å². The molecule has 3 aliphatic rings. The second-order valence-corrected chi connectivity index (χ2v) is 10.6. The highest BCUT2D eigenvalue weighted by Crippen LogP contribution is 2.43. The van der Waals surface area contributed by atoms with Gasteiger partial charge in [0, 0.05) is 28.4 Å². The molecule has 0 spiro atoms. The zero-order valence-corrected chi connectivity index (χ0v) is 17.3. The fourth-order valence-electron chi connectivity index (χ4n) is 3.56. The lowest BCUT2D eigenvalue weighted by atomic mass is 10.1. The van der Waals surface area contributed by atoms with Gasteiger partial charge in [-0.1, -0.05) is 12.1 Å². The molecule has 2 aromatic carbocycles. The van der Waals surface area contributed by atoms with Gasteiger partial charge in [-0.05, 0) is 54.3 Å². The summed E-state index contributed by atoms with van der Waals surface area (Å²) in [5, 5.41) is 0.474. The van der Waals surface area contributed by atoms with Gasteiger partial charge in [-0.3, -0.25) is 4.79 Å². The molecule has 3 heterocycles. The number of carbonyl (C=O) groups excluding carboxylic acids is 1. The van der Waals surface area contributed by atoms with Gasteiger partial charge in [0.1, 0.15) is 0 Å². The van der Waals surface area contributed by atoms with Gasteiger partial charge in [-0.2, -0.15) is 0 Å². The molecule has 0 saturated heterocycles. The van der Waals surface area contributed by atoms with Crippen LogP contribution in [0.5, 0.6) is 0 Å². The van der Waals surface area contributed by atoms with Crippen LogP contribution in [0.2, 0.25) is 0 Å². The van der Waals surface area contributed by atoms with Gasteiger partial charge in [0.25, 0.3) is 15.9 Å². The fourth-order valence-corrected chi connectivity index (χ4v) is 6.85. The van der Waals surface area contributed by atoms with Crippen LogP contribution in [-0.2, 0) is 10.0 Å². The second kappa shape index (κ2) is 6.82. The Hall–Kier alpha value is -1.97. The average Bonchev–Trinajstić information content (AvgIpc) is 2.88. The van der Waals surface area contributed by atoms with E-state index in [1.54, 1.807) is 11.8 Å². The molecule has 3 aliphatic heterocycles. The Morgan fingerprint density at radius 2 is 1.89 bits per heavy atom. The summed E-state index contributed by atoms with van der Waals surface area (Å²) in [6.45, 7) is 1.08. The summed E-state index contributed by atoms with van der Waals surface area (Å²) in [4.78, 5) is 19.1. The quantitative estimate of drug-likeness (QED) is 0.689. The Balaban J connectivity index is 1.49. The summed E-state index contributed by atoms with van der Waals surface area (Å²) in [7, 11) is -3.39. The highest BCUT2D eigenvalue weighted by atomic mass is 32.2. The molecule has 6 nitrogen and oxygen atoms in total. The second-order valence-electron chi connectivity index (χ2n) is 6.72. The van der Waals surface area contributed by atoms with Crippen LogP contribution in [0, 0.1) is 0 Å². The first-order chi connectivity index (χ1) is 13.5. The molecule has 0 N–H and O–H groups in total. The zero-order chi connectivity index (χ0) is 19.3. The maximum absolute atomic E-state index is 13.3. The van der Waals surface area contributed by atoms with Crippen LogP contribution in [0.1, 0.15) is 16.8 Å². The number of fused-ring (bicyclic) bond motifs is 4. The summed E-state index contributed by atoms with van der Waals surface area (Å²) in [6.07, 6.45) is 0.938. The molecule has 1 amide bonds. The van der Waals surface area contributed by atoms with Gasteiger partial charge in [0.05, 0.1) is 17.1 Å². The summed E-state index contributed by atoms with van der Waals surface area (Å²) in [5.41, 5.74) is 2.48. The summed E-state index contributed by atoms with van der Waals surface area (Å²) < 4.78 is 27.4. The molecule has 5 rings (SSSR count). The molecule has 0 radical (unpaired) electrons. The van der Waals surface area contributed by atoms with Crippen molar-refractivity contribution in [3.05, 3.63) is 48.0 Å². The third-order valence-electron chi connectivity index (χ3n) is 4.90. The number of amides is 1. The number of benzene rings is 2. The number of sulfonamides is 1. The number of hydrogen-bond donors (Lipinski definition) is 0. The Kier molecular flexibility index (Phi) is 4.41. The van der Waals surface area contributed by atoms with Gasteiger partial charge < -0.3 is 9.80 Å². The van der Waals surface area contributed by atoms with Crippen molar-refractivity contribution in [2.24, 2.45) is 4.40 Å². The van der Waals surface area contributed by atoms with Crippen LogP contribution in [0.15, 0.2) is 56.7 Å². The number of anilines is 2. The van der Waals surface area contributed by atoms with E-state index in [4.69, 9.17) is 0 Å². The summed E-state index contributed by atoms with van der Waals surface area (Å²) in [5.74, 6) is 0.974. The van der Waals surface area contributed by atoms with E-state index < -0.39 is 10.0 Å². The fraction of sp³-hybridized carbons (Fsp3) is 0.263. The average molecular weight is 432 g/mol. The summed E-state index contributed by atoms with van der Waals surface area (Å²) >= 11 is 3.09. The van der Waals surface area contributed by atoms with Crippen molar-refractivity contribution in [3.8, 4) is 0 Å². The minimum absolute atomic E-state index is 0.0133. The van der Waals surface area contributed by atoms with E-state index in [0.29, 0.717) is 23.8 Å². The Bertz CT molecular complexity index is 1110. The highest BCUT2D eigenvalue weighted by Gasteiger charge is 2.34. The Morgan fingerprint density at radius 1 is 1.04 bits per heavy atom. The van der Waals surface area contributed by atoms with Crippen LogP contribution < -0.4 is 9.80 Å². The van der Waals surface area contributed by atoms with Crippen LogP contribution in [0.25, 0.3) is 0 Å². The number of nitrogens with zero attached hydrogens (tertiary/aromatic N) is 3. The van der Waals surface area contributed by atoms with Crippen molar-refractivity contribution in [1.29, 1.82) is 0 Å². The van der Waals surface area contributed by atoms with Crippen LogP contribution in [-0.4, -0.2) is 44.1 Å². The first kappa shape index (κ1) is 18.1. The molecule has 0 bridgehead atoms. The number of amidine groups is 1. The monoisotopic (exact) mass is 431 g/mol. The van der Waals surface area contributed by atoms with E-state index in [0.717, 1.165) is 33.3 Å². The molecule has 0 unspecified atom stereocenters. The van der Waals surface area contributed by atoms with E-state index in [1.807, 2.05) is 46.2 Å². The van der Waals surface area contributed by atoms with Crippen molar-refractivity contribution in [2.75, 3.05) is 34.4 Å². The lowest BCUT2D eigenvalue weighted by Gasteiger charge is -2.23. The number of rotatable bonds is 1. The molecular weight excluding hydrogens is 414 g/mol. The van der Waals surface area contributed by atoms with Crippen LogP contribution in [0.3, 0.4) is 0 Å². The molecule has 0 aromatic heterocycles. The number of para-hydroxylation sites is 1. The molecule has 144 valence electrons. The SMILES string of the molecule is O=C(c1ccc2c(c1)SC1=NS(=O)(=O)CCN12)N1CCCSc2ccccc21. The van der Waals surface area contributed by atoms with E-state index in [2.05, 4.69) is 10.5 Å². The van der Waals surface area contributed by atoms with Gasteiger partial charge in [-0.15, -0.1) is 16.2 Å². The van der Waals surface area contributed by atoms with E-state index in [9.17, 15) is 13.2 Å². The molecule has 2 aromatic rings. The van der Waals surface area contributed by atoms with Gasteiger partial charge in [0.15, 0.2) is 5.17 Å². The lowest BCUT2D eigenvalue weighted by molar-refractivity contribution is 0.0986. The van der Waals surface area contributed by atoms with Gasteiger partial charge in [-0.25, -0.2) is 8.42 Å². The van der Waals surface area contributed by atoms with Crippen molar-refractivity contribution in [3.63, 3.8) is 0 Å². The highest BCUT2D eigenvalue weighted by molar-refractivity contribution is 8.15. The maximum Gasteiger partial charge on any atom is 0.258 e. The van der Waals surface area contributed by atoms with Crippen molar-refractivity contribution < 1.29 is 13.2 Å². The molecule has 0 atom stereocenters. The molecule has 9 heteroatoms. The minimum Gasteiger partial charge on any atom is -0.318 e. The number of hydrogen-bond acceptors (Lipinski definition) is 6. The topological polar surface area (TPSA) is 70.0 Å². The molecule has 0 aliphatic carbocycles. The van der Waals surface area contributed by atoms with Gasteiger partial charge in [0.2, 0.25) is 0 Å². The lowest BCUT2D eigenvalue weighted by Crippen LogP contribution is -2.35. The van der Waals surface area contributed by atoms with Gasteiger partial charge >= 0.3 is 0 Å². The predicted octanol–water partition coefficient (Wildman–Crippen LogP) is 3.44. The normalized spacial score (nSPS) is 19.9. The predicted molar refractivity (Wildman–Crippen MR) is 114 cm³/mol. The number of thioether (sulfide) groups is 2. The standard InChI is InChI=1S/C19H17N3O3S3/c23-18(21-8-3-10-26-16-5-2-1-4-14(16)21)13-6-7-15-17(12-13)27-19-20-28(24,25)11-9-22(15)19/h1-2,4-7,12H,3,8-11H2. The van der Waals surface area contributed by atoms with Crippen molar-refractivity contribution >= 4 is 56.0 Å². The van der Waals surface area contributed by atoms with Crippen molar-refractivity contribution in [2.45, 2.75) is 16.2 Å². The smallest absolute Gasteiger partial charge is 0.258 e. The molecule has 0 saturated carbocycles. The third-order valence-corrected chi connectivity index (χ3v) is 8.36. The third kappa shape index (κ3) is 3.11. The zero-order valence-electron chi connectivity index (χ0n) is 14.9. The first-order valence-corrected chi connectivity index (χ1v) is 12.4. The largest absolute Gasteiger partial charge is 0.318 e. The van der Waals surface area contributed by atoms with Crippen LogP contribution in [0.4, 0.5) is 11.4 Å². The minimum atomic E-state index is -3.39. The summed E-state index contributed by atoms with van der Waals surface area (Å²) in [6, 6.07) is 13.6. The van der Waals surface area contributed by atoms with Crippen molar-refractivity contribution in [1.82, 2.24) is 0 Å². The number of carbonyl (C=O) groups is 1. The van der Waals surface area contributed by atoms with Crippen LogP contribution >= 0.6 is 23.5 Å². The van der Waals surface area contributed by atoms with E-state index in [-0.39, 0.29) is 11.7 Å². The maximum atomic E-state index is 13.3. The first-order valence-electron chi connectivity index (χ1n) is 8.98. The van der Waals surface area contributed by atoms with E-state index in [1.165, 1.54) is 11.8 Å². The Morgan fingerprint density at radius 3 is 2.79 bits per heavy atom.